The minimum absolute atomic E-state index is 0.645. The van der Waals surface area contributed by atoms with Gasteiger partial charge in [0, 0.05) is 22.6 Å². The van der Waals surface area contributed by atoms with E-state index in [1.165, 1.54) is 9.75 Å². The molecule has 0 aliphatic rings. The molecule has 2 aromatic heterocycles. The van der Waals surface area contributed by atoms with Crippen molar-refractivity contribution in [2.75, 3.05) is 5.88 Å². The van der Waals surface area contributed by atoms with Crippen molar-refractivity contribution in [3.63, 3.8) is 0 Å². The van der Waals surface area contributed by atoms with Crippen LogP contribution in [0, 0.1) is 6.92 Å². The SMILES string of the molecule is Cc1ccc(-c2nc(CCCl)cs2)s1. The van der Waals surface area contributed by atoms with Crippen molar-refractivity contribution in [1.82, 2.24) is 4.98 Å². The third-order valence-corrected chi connectivity index (χ3v) is 4.10. The van der Waals surface area contributed by atoms with Crippen LogP contribution in [0.5, 0.6) is 0 Å². The van der Waals surface area contributed by atoms with Gasteiger partial charge in [0.25, 0.3) is 0 Å². The molecule has 0 saturated carbocycles. The van der Waals surface area contributed by atoms with Crippen LogP contribution >= 0.6 is 34.3 Å². The van der Waals surface area contributed by atoms with Crippen LogP contribution in [0.4, 0.5) is 0 Å². The lowest BCUT2D eigenvalue weighted by molar-refractivity contribution is 1.07. The van der Waals surface area contributed by atoms with Crippen molar-refractivity contribution < 1.29 is 0 Å². The van der Waals surface area contributed by atoms with Crippen LogP contribution in [0.25, 0.3) is 9.88 Å². The molecule has 14 heavy (non-hydrogen) atoms. The number of thiazole rings is 1. The van der Waals surface area contributed by atoms with Gasteiger partial charge in [0.2, 0.25) is 0 Å². The van der Waals surface area contributed by atoms with Crippen molar-refractivity contribution in [2.24, 2.45) is 0 Å². The van der Waals surface area contributed by atoms with Gasteiger partial charge in [0.15, 0.2) is 0 Å². The highest BCUT2D eigenvalue weighted by Crippen LogP contribution is 2.30. The standard InChI is InChI=1S/C10H10ClNS2/c1-7-2-3-9(14-7)10-12-8(4-5-11)6-13-10/h2-3,6H,4-5H2,1H3. The van der Waals surface area contributed by atoms with E-state index < -0.39 is 0 Å². The molecule has 0 fully saturated rings. The number of thiophene rings is 1. The molecular weight excluding hydrogens is 234 g/mol. The molecule has 0 aliphatic carbocycles. The van der Waals surface area contributed by atoms with Crippen molar-refractivity contribution in [3.05, 3.63) is 28.1 Å². The second kappa shape index (κ2) is 4.43. The van der Waals surface area contributed by atoms with E-state index in [0.717, 1.165) is 17.1 Å². The van der Waals surface area contributed by atoms with Crippen molar-refractivity contribution >= 4 is 34.3 Å². The summed E-state index contributed by atoms with van der Waals surface area (Å²) in [7, 11) is 0. The Balaban J connectivity index is 2.24. The normalized spacial score (nSPS) is 10.7. The third kappa shape index (κ3) is 2.16. The molecule has 2 rings (SSSR count). The highest BCUT2D eigenvalue weighted by molar-refractivity contribution is 7.21. The fraction of sp³-hybridized carbons (Fsp3) is 0.300. The average Bonchev–Trinajstić information content (AvgIpc) is 2.74. The predicted octanol–water partition coefficient (Wildman–Crippen LogP) is 3.96. The maximum absolute atomic E-state index is 5.66. The number of rotatable bonds is 3. The summed E-state index contributed by atoms with van der Waals surface area (Å²) in [6.45, 7) is 2.11. The number of aryl methyl sites for hydroxylation is 2. The highest BCUT2D eigenvalue weighted by atomic mass is 35.5. The molecule has 0 aliphatic heterocycles. The van der Waals surface area contributed by atoms with Crippen LogP contribution in [0.15, 0.2) is 17.5 Å². The van der Waals surface area contributed by atoms with Crippen LogP contribution in [-0.4, -0.2) is 10.9 Å². The molecule has 0 amide bonds. The molecule has 0 atom stereocenters. The molecular formula is C10H10ClNS2. The Morgan fingerprint density at radius 1 is 1.43 bits per heavy atom. The Morgan fingerprint density at radius 3 is 2.93 bits per heavy atom. The molecule has 2 heterocycles. The molecule has 0 spiro atoms. The number of hydrogen-bond acceptors (Lipinski definition) is 3. The summed E-state index contributed by atoms with van der Waals surface area (Å²) < 4.78 is 0. The van der Waals surface area contributed by atoms with Gasteiger partial charge in [-0.15, -0.1) is 34.3 Å². The number of halogens is 1. The molecule has 0 N–H and O–H groups in total. The number of nitrogens with zero attached hydrogens (tertiary/aromatic N) is 1. The topological polar surface area (TPSA) is 12.9 Å². The summed E-state index contributed by atoms with van der Waals surface area (Å²) in [6, 6.07) is 4.26. The first-order valence-corrected chi connectivity index (χ1v) is 6.60. The number of alkyl halides is 1. The minimum Gasteiger partial charge on any atom is -0.240 e. The maximum atomic E-state index is 5.66. The molecule has 0 aromatic carbocycles. The first-order chi connectivity index (χ1) is 6.79. The van der Waals surface area contributed by atoms with Gasteiger partial charge >= 0.3 is 0 Å². The number of aromatic nitrogens is 1. The zero-order valence-corrected chi connectivity index (χ0v) is 10.2. The van der Waals surface area contributed by atoms with E-state index in [2.05, 4.69) is 29.4 Å². The van der Waals surface area contributed by atoms with Crippen LogP contribution in [0.1, 0.15) is 10.6 Å². The summed E-state index contributed by atoms with van der Waals surface area (Å²) in [5.41, 5.74) is 1.10. The van der Waals surface area contributed by atoms with E-state index in [1.807, 2.05) is 0 Å². The largest absolute Gasteiger partial charge is 0.240 e. The fourth-order valence-electron chi connectivity index (χ4n) is 1.18. The zero-order valence-electron chi connectivity index (χ0n) is 7.79. The molecule has 0 saturated heterocycles. The smallest absolute Gasteiger partial charge is 0.133 e. The lowest BCUT2D eigenvalue weighted by atomic mass is 10.4. The Kier molecular flexibility index (Phi) is 3.21. The Bertz CT molecular complexity index is 419. The Labute approximate surface area is 96.4 Å². The summed E-state index contributed by atoms with van der Waals surface area (Å²) in [5.74, 6) is 0.645. The summed E-state index contributed by atoms with van der Waals surface area (Å²) in [6.07, 6.45) is 0.864. The first-order valence-electron chi connectivity index (χ1n) is 4.37. The first kappa shape index (κ1) is 10.1. The van der Waals surface area contributed by atoms with Gasteiger partial charge in [0.1, 0.15) is 5.01 Å². The predicted molar refractivity (Wildman–Crippen MR) is 64.6 cm³/mol. The van der Waals surface area contributed by atoms with Gasteiger partial charge in [-0.05, 0) is 19.1 Å². The molecule has 0 unspecified atom stereocenters. The van der Waals surface area contributed by atoms with E-state index in [-0.39, 0.29) is 0 Å². The second-order valence-electron chi connectivity index (χ2n) is 2.99. The van der Waals surface area contributed by atoms with Gasteiger partial charge in [-0.2, -0.15) is 0 Å². The van der Waals surface area contributed by atoms with Crippen molar-refractivity contribution in [3.8, 4) is 9.88 Å². The molecule has 4 heteroatoms. The highest BCUT2D eigenvalue weighted by Gasteiger charge is 2.05. The molecule has 0 bridgehead atoms. The van der Waals surface area contributed by atoms with E-state index >= 15 is 0 Å². The molecule has 1 nitrogen and oxygen atoms in total. The van der Waals surface area contributed by atoms with E-state index in [4.69, 9.17) is 11.6 Å². The summed E-state index contributed by atoms with van der Waals surface area (Å²) >= 11 is 9.15. The lowest BCUT2D eigenvalue weighted by Gasteiger charge is -1.88. The van der Waals surface area contributed by atoms with Crippen molar-refractivity contribution in [2.45, 2.75) is 13.3 Å². The fourth-order valence-corrected chi connectivity index (χ4v) is 3.17. The maximum Gasteiger partial charge on any atom is 0.133 e. The monoisotopic (exact) mass is 243 g/mol. The van der Waals surface area contributed by atoms with Gasteiger partial charge in [-0.1, -0.05) is 0 Å². The molecule has 2 aromatic rings. The van der Waals surface area contributed by atoms with E-state index in [0.29, 0.717) is 5.88 Å². The van der Waals surface area contributed by atoms with Gasteiger partial charge in [-0.3, -0.25) is 0 Å². The minimum atomic E-state index is 0.645. The molecule has 74 valence electrons. The third-order valence-electron chi connectivity index (χ3n) is 1.85. The lowest BCUT2D eigenvalue weighted by Crippen LogP contribution is -1.84. The van der Waals surface area contributed by atoms with Crippen LogP contribution in [0.2, 0.25) is 0 Å². The van der Waals surface area contributed by atoms with Crippen LogP contribution in [-0.2, 0) is 6.42 Å². The van der Waals surface area contributed by atoms with E-state index in [1.54, 1.807) is 22.7 Å². The summed E-state index contributed by atoms with van der Waals surface area (Å²) in [5, 5.41) is 3.20. The number of hydrogen-bond donors (Lipinski definition) is 0. The van der Waals surface area contributed by atoms with Crippen LogP contribution < -0.4 is 0 Å². The summed E-state index contributed by atoms with van der Waals surface area (Å²) in [4.78, 5) is 7.11. The molecule has 0 radical (unpaired) electrons. The average molecular weight is 244 g/mol. The van der Waals surface area contributed by atoms with E-state index in [9.17, 15) is 0 Å². The van der Waals surface area contributed by atoms with Gasteiger partial charge in [-0.25, -0.2) is 4.98 Å². The quantitative estimate of drug-likeness (QED) is 0.744. The Hall–Kier alpha value is -0.380. The van der Waals surface area contributed by atoms with Crippen LogP contribution in [0.3, 0.4) is 0 Å². The van der Waals surface area contributed by atoms with Gasteiger partial charge in [0.05, 0.1) is 10.6 Å². The second-order valence-corrected chi connectivity index (χ2v) is 5.52. The van der Waals surface area contributed by atoms with Crippen molar-refractivity contribution in [1.29, 1.82) is 0 Å². The Morgan fingerprint density at radius 2 is 2.29 bits per heavy atom. The zero-order chi connectivity index (χ0) is 9.97. The van der Waals surface area contributed by atoms with Gasteiger partial charge < -0.3 is 0 Å².